The lowest BCUT2D eigenvalue weighted by Crippen LogP contribution is -2.22. The summed E-state index contributed by atoms with van der Waals surface area (Å²) in [4.78, 5) is 11.6. The minimum absolute atomic E-state index is 0.0258. The Kier molecular flexibility index (Phi) is 6.22. The maximum Gasteiger partial charge on any atom is 0.246 e. The number of hydrogen-bond donors (Lipinski definition) is 2. The topological polar surface area (TPSA) is 119 Å². The largest absolute Gasteiger partial charge is 0.286 e. The maximum absolute atomic E-state index is 13.6. The predicted molar refractivity (Wildman–Crippen MR) is 108 cm³/mol. The molecule has 158 valence electrons. The number of carbonyl (C=O) groups excluding carboxylic acids is 1. The van der Waals surface area contributed by atoms with Crippen LogP contribution in [0.15, 0.2) is 53.4 Å². The van der Waals surface area contributed by atoms with E-state index in [0.29, 0.717) is 27.7 Å². The van der Waals surface area contributed by atoms with Crippen molar-refractivity contribution in [2.75, 3.05) is 7.05 Å². The van der Waals surface area contributed by atoms with Crippen molar-refractivity contribution in [3.05, 3.63) is 65.1 Å². The van der Waals surface area contributed by atoms with E-state index >= 15 is 0 Å². The molecule has 0 aliphatic rings. The van der Waals surface area contributed by atoms with Gasteiger partial charge in [0.25, 0.3) is 0 Å². The Morgan fingerprint density at radius 1 is 1.23 bits per heavy atom. The lowest BCUT2D eigenvalue weighted by Gasteiger charge is -2.09. The number of hydrogen-bond acceptors (Lipinski definition) is 5. The van der Waals surface area contributed by atoms with Crippen LogP contribution in [-0.4, -0.2) is 41.4 Å². The summed E-state index contributed by atoms with van der Waals surface area (Å²) in [5, 5.41) is 19.3. The van der Waals surface area contributed by atoms with Crippen molar-refractivity contribution in [1.29, 1.82) is 0 Å². The summed E-state index contributed by atoms with van der Waals surface area (Å²) in [5.74, 6) is -1.05. The molecular weight excluding hydrogens is 435 g/mol. The average molecular weight is 453 g/mol. The molecule has 30 heavy (non-hydrogen) atoms. The third kappa shape index (κ3) is 4.85. The monoisotopic (exact) mass is 452 g/mol. The minimum Gasteiger partial charge on any atom is -0.286 e. The molecule has 3 rings (SSSR count). The second-order valence-corrected chi connectivity index (χ2v) is 8.49. The molecule has 0 saturated carbocycles. The normalized spacial score (nSPS) is 11.5. The SMILES string of the molecule is CN(O)C(=O)CCc1cc(-c2ccc(F)c(Cl)c2)n(-c2ccc(S(N)(=O)=O)cc2)n1. The summed E-state index contributed by atoms with van der Waals surface area (Å²) < 4.78 is 38.1. The summed E-state index contributed by atoms with van der Waals surface area (Å²) in [7, 11) is -2.61. The Morgan fingerprint density at radius 3 is 2.47 bits per heavy atom. The van der Waals surface area contributed by atoms with Crippen LogP contribution in [0.4, 0.5) is 4.39 Å². The predicted octanol–water partition coefficient (Wildman–Crippen LogP) is 2.76. The van der Waals surface area contributed by atoms with E-state index in [1.165, 1.54) is 54.2 Å². The molecule has 0 aliphatic carbocycles. The van der Waals surface area contributed by atoms with Crippen LogP contribution in [0, 0.1) is 5.82 Å². The zero-order valence-electron chi connectivity index (χ0n) is 15.8. The van der Waals surface area contributed by atoms with Crippen LogP contribution in [0.3, 0.4) is 0 Å². The molecule has 0 unspecified atom stereocenters. The quantitative estimate of drug-likeness (QED) is 0.440. The first kappa shape index (κ1) is 21.9. The van der Waals surface area contributed by atoms with E-state index in [1.54, 1.807) is 6.07 Å². The van der Waals surface area contributed by atoms with E-state index in [9.17, 15) is 22.8 Å². The molecule has 1 aromatic heterocycles. The highest BCUT2D eigenvalue weighted by Gasteiger charge is 2.16. The molecule has 0 atom stereocenters. The Hall–Kier alpha value is -2.79. The van der Waals surface area contributed by atoms with Crippen molar-refractivity contribution >= 4 is 27.5 Å². The number of halogens is 2. The van der Waals surface area contributed by atoms with E-state index in [1.807, 2.05) is 0 Å². The Balaban J connectivity index is 2.05. The molecule has 8 nitrogen and oxygen atoms in total. The van der Waals surface area contributed by atoms with Crippen molar-refractivity contribution in [2.24, 2.45) is 5.14 Å². The summed E-state index contributed by atoms with van der Waals surface area (Å²) >= 11 is 5.91. The van der Waals surface area contributed by atoms with Gasteiger partial charge in [-0.2, -0.15) is 5.10 Å². The van der Waals surface area contributed by atoms with Crippen molar-refractivity contribution < 1.29 is 22.8 Å². The van der Waals surface area contributed by atoms with Crippen LogP contribution in [0.1, 0.15) is 12.1 Å². The lowest BCUT2D eigenvalue weighted by molar-refractivity contribution is -0.159. The number of nitrogens with two attached hydrogens (primary N) is 1. The van der Waals surface area contributed by atoms with Gasteiger partial charge in [-0.25, -0.2) is 27.7 Å². The summed E-state index contributed by atoms with van der Waals surface area (Å²) in [5.41, 5.74) is 2.19. The van der Waals surface area contributed by atoms with Gasteiger partial charge in [0.2, 0.25) is 15.9 Å². The van der Waals surface area contributed by atoms with E-state index in [4.69, 9.17) is 16.7 Å². The van der Waals surface area contributed by atoms with Crippen molar-refractivity contribution in [1.82, 2.24) is 14.8 Å². The molecule has 0 bridgehead atoms. The average Bonchev–Trinajstić information content (AvgIpc) is 3.12. The number of carbonyl (C=O) groups is 1. The Morgan fingerprint density at radius 2 is 1.90 bits per heavy atom. The van der Waals surface area contributed by atoms with Crippen LogP contribution in [-0.2, 0) is 21.2 Å². The second-order valence-electron chi connectivity index (χ2n) is 6.52. The molecule has 0 radical (unpaired) electrons. The third-order valence-corrected chi connectivity index (χ3v) is 5.56. The molecule has 2 aromatic carbocycles. The summed E-state index contributed by atoms with van der Waals surface area (Å²) in [6.07, 6.45) is 0.270. The number of aromatic nitrogens is 2. The van der Waals surface area contributed by atoms with Crippen LogP contribution >= 0.6 is 11.6 Å². The number of nitrogens with zero attached hydrogens (tertiary/aromatic N) is 3. The number of primary sulfonamides is 1. The number of aryl methyl sites for hydroxylation is 1. The molecular formula is C19H18ClFN4O4S. The highest BCUT2D eigenvalue weighted by atomic mass is 35.5. The fraction of sp³-hybridized carbons (Fsp3) is 0.158. The smallest absolute Gasteiger partial charge is 0.246 e. The van der Waals surface area contributed by atoms with Gasteiger partial charge in [0.15, 0.2) is 0 Å². The van der Waals surface area contributed by atoms with E-state index in [0.717, 1.165) is 0 Å². The van der Waals surface area contributed by atoms with Gasteiger partial charge in [0.1, 0.15) is 5.82 Å². The van der Waals surface area contributed by atoms with E-state index in [-0.39, 0.29) is 22.8 Å². The van der Waals surface area contributed by atoms with Gasteiger partial charge in [0.05, 0.1) is 27.0 Å². The van der Waals surface area contributed by atoms with Crippen molar-refractivity contribution in [2.45, 2.75) is 17.7 Å². The Bertz CT molecular complexity index is 1190. The second kappa shape index (κ2) is 8.52. The zero-order valence-corrected chi connectivity index (χ0v) is 17.4. The highest BCUT2D eigenvalue weighted by Crippen LogP contribution is 2.28. The standard InChI is InChI=1S/C19H18ClFN4O4S/c1-24(27)19(26)9-3-13-11-18(12-2-8-17(21)16(20)10-12)25(23-13)14-4-6-15(7-5-14)30(22,28)29/h2,4-8,10-11,27H,3,9H2,1H3,(H2,22,28,29). The molecule has 11 heteroatoms. The third-order valence-electron chi connectivity index (χ3n) is 4.34. The van der Waals surface area contributed by atoms with E-state index in [2.05, 4.69) is 5.10 Å². The molecule has 0 fully saturated rings. The van der Waals surface area contributed by atoms with Gasteiger partial charge in [-0.3, -0.25) is 10.0 Å². The highest BCUT2D eigenvalue weighted by molar-refractivity contribution is 7.89. The first-order valence-electron chi connectivity index (χ1n) is 8.69. The maximum atomic E-state index is 13.6. The first-order valence-corrected chi connectivity index (χ1v) is 10.6. The summed E-state index contributed by atoms with van der Waals surface area (Å²) in [6, 6.07) is 11.7. The number of rotatable bonds is 6. The minimum atomic E-state index is -3.85. The fourth-order valence-electron chi connectivity index (χ4n) is 2.78. The number of hydroxylamine groups is 2. The van der Waals surface area contributed by atoms with Crippen LogP contribution in [0.2, 0.25) is 5.02 Å². The lowest BCUT2D eigenvalue weighted by atomic mass is 10.1. The van der Waals surface area contributed by atoms with Gasteiger partial charge < -0.3 is 0 Å². The number of benzene rings is 2. The van der Waals surface area contributed by atoms with Crippen LogP contribution in [0.5, 0.6) is 0 Å². The molecule has 3 N–H and O–H groups in total. The van der Waals surface area contributed by atoms with E-state index < -0.39 is 21.7 Å². The molecule has 1 amide bonds. The van der Waals surface area contributed by atoms with Crippen molar-refractivity contribution in [3.63, 3.8) is 0 Å². The van der Waals surface area contributed by atoms with Gasteiger partial charge in [-0.1, -0.05) is 11.6 Å². The molecule has 3 aromatic rings. The van der Waals surface area contributed by atoms with Gasteiger partial charge in [-0.05, 0) is 48.5 Å². The Labute approximate surface area is 177 Å². The molecule has 1 heterocycles. The van der Waals surface area contributed by atoms with Crippen molar-refractivity contribution in [3.8, 4) is 16.9 Å². The van der Waals surface area contributed by atoms with Gasteiger partial charge in [0, 0.05) is 25.5 Å². The van der Waals surface area contributed by atoms with Gasteiger partial charge >= 0.3 is 0 Å². The summed E-state index contributed by atoms with van der Waals surface area (Å²) in [6.45, 7) is 0. The van der Waals surface area contributed by atoms with Crippen LogP contribution < -0.4 is 5.14 Å². The first-order chi connectivity index (χ1) is 14.1. The molecule has 0 spiro atoms. The molecule has 0 saturated heterocycles. The zero-order chi connectivity index (χ0) is 22.1. The molecule has 0 aliphatic heterocycles. The fourth-order valence-corrected chi connectivity index (χ4v) is 3.48. The number of amides is 1. The van der Waals surface area contributed by atoms with Crippen LogP contribution in [0.25, 0.3) is 16.9 Å². The number of sulfonamides is 1. The van der Waals surface area contributed by atoms with Gasteiger partial charge in [-0.15, -0.1) is 0 Å².